The van der Waals surface area contributed by atoms with Crippen LogP contribution in [-0.2, 0) is 37.2 Å². The van der Waals surface area contributed by atoms with Gasteiger partial charge in [-0.25, -0.2) is 17.9 Å². The van der Waals surface area contributed by atoms with Crippen LogP contribution in [0.3, 0.4) is 0 Å². The van der Waals surface area contributed by atoms with Crippen molar-refractivity contribution in [2.24, 2.45) is 16.8 Å². The Morgan fingerprint density at radius 1 is 0.947 bits per heavy atom. The summed E-state index contributed by atoms with van der Waals surface area (Å²) in [6.07, 6.45) is 0.743. The number of rotatable bonds is 15. The molecular formula is C26H36FN5O5S. The molecule has 0 saturated carbocycles. The zero-order chi connectivity index (χ0) is 28.3. The van der Waals surface area contributed by atoms with Crippen LogP contribution in [0.2, 0.25) is 0 Å². The number of primary sulfonamides is 1. The number of hydrogen-bond donors (Lipinski definition) is 3. The normalized spacial score (nSPS) is 11.4. The zero-order valence-electron chi connectivity index (χ0n) is 21.7. The predicted octanol–water partition coefficient (Wildman–Crippen LogP) is 0.646. The number of nitrogens with two attached hydrogens (primary N) is 2. The molecule has 0 saturated heterocycles. The summed E-state index contributed by atoms with van der Waals surface area (Å²) >= 11 is 0. The third kappa shape index (κ3) is 10.6. The second kappa shape index (κ2) is 14.6. The third-order valence-electron chi connectivity index (χ3n) is 5.69. The van der Waals surface area contributed by atoms with Gasteiger partial charge in [0.25, 0.3) is 0 Å². The molecule has 0 aliphatic rings. The van der Waals surface area contributed by atoms with Crippen LogP contribution >= 0.6 is 0 Å². The maximum atomic E-state index is 13.8. The van der Waals surface area contributed by atoms with Gasteiger partial charge in [-0.05, 0) is 54.6 Å². The number of amides is 3. The molecule has 0 heterocycles. The van der Waals surface area contributed by atoms with Crippen molar-refractivity contribution < 1.29 is 27.2 Å². The maximum Gasteiger partial charge on any atom is 0.242 e. The Labute approximate surface area is 223 Å². The first-order chi connectivity index (χ1) is 17.9. The molecular weight excluding hydrogens is 513 g/mol. The Morgan fingerprint density at radius 2 is 1.61 bits per heavy atom. The summed E-state index contributed by atoms with van der Waals surface area (Å²) in [5, 5.41) is 8.12. The summed E-state index contributed by atoms with van der Waals surface area (Å²) < 4.78 is 36.7. The standard InChI is InChI=1S/C26H36FN5O5S/c1-19(2)16-32(25(34)15-30-13-11-21-5-3-4-6-23(21)27)18-26(35)31(17-24(28)33)14-12-20-7-9-22(10-8-20)38(29,36)37/h3-10,19,30H,11-18H2,1-2H3,(H2,28,33)(H2,29,36,37). The SMILES string of the molecule is CC(C)CN(CC(=O)N(CCc1ccc(S(N)(=O)=O)cc1)CC(N)=O)C(=O)CNCCc1ccccc1F. The van der Waals surface area contributed by atoms with E-state index in [1.54, 1.807) is 30.3 Å². The first-order valence-electron chi connectivity index (χ1n) is 12.3. The van der Waals surface area contributed by atoms with E-state index in [2.05, 4.69) is 5.32 Å². The number of primary amides is 1. The van der Waals surface area contributed by atoms with Gasteiger partial charge in [-0.1, -0.05) is 44.2 Å². The van der Waals surface area contributed by atoms with E-state index < -0.39 is 21.8 Å². The lowest BCUT2D eigenvalue weighted by Gasteiger charge is -2.28. The molecule has 0 fully saturated rings. The fourth-order valence-electron chi connectivity index (χ4n) is 3.78. The van der Waals surface area contributed by atoms with Gasteiger partial charge in [-0.2, -0.15) is 0 Å². The topological polar surface area (TPSA) is 156 Å². The minimum absolute atomic E-state index is 0.0271. The molecule has 0 aliphatic carbocycles. The van der Waals surface area contributed by atoms with Crippen LogP contribution in [0.15, 0.2) is 53.4 Å². The second-order valence-electron chi connectivity index (χ2n) is 9.41. The quantitative estimate of drug-likeness (QED) is 0.277. The molecule has 0 atom stereocenters. The minimum Gasteiger partial charge on any atom is -0.368 e. The molecule has 0 radical (unpaired) electrons. The highest BCUT2D eigenvalue weighted by Gasteiger charge is 2.23. The van der Waals surface area contributed by atoms with E-state index in [0.29, 0.717) is 31.5 Å². The molecule has 10 nitrogen and oxygen atoms in total. The number of nitrogens with zero attached hydrogens (tertiary/aromatic N) is 2. The van der Waals surface area contributed by atoms with Crippen molar-refractivity contribution in [3.05, 3.63) is 65.5 Å². The number of halogens is 1. The van der Waals surface area contributed by atoms with Gasteiger partial charge in [0, 0.05) is 13.1 Å². The number of hydrogen-bond acceptors (Lipinski definition) is 6. The molecule has 208 valence electrons. The smallest absolute Gasteiger partial charge is 0.242 e. The van der Waals surface area contributed by atoms with Crippen molar-refractivity contribution in [1.82, 2.24) is 15.1 Å². The van der Waals surface area contributed by atoms with Crippen molar-refractivity contribution >= 4 is 27.7 Å². The molecule has 2 rings (SSSR count). The first kappa shape index (κ1) is 30.9. The van der Waals surface area contributed by atoms with Gasteiger partial charge in [0.05, 0.1) is 24.5 Å². The first-order valence-corrected chi connectivity index (χ1v) is 13.8. The van der Waals surface area contributed by atoms with Gasteiger partial charge in [0.15, 0.2) is 0 Å². The van der Waals surface area contributed by atoms with Crippen molar-refractivity contribution in [3.8, 4) is 0 Å². The second-order valence-corrected chi connectivity index (χ2v) is 11.0. The van der Waals surface area contributed by atoms with Gasteiger partial charge >= 0.3 is 0 Å². The lowest BCUT2D eigenvalue weighted by atomic mass is 10.1. The van der Waals surface area contributed by atoms with Gasteiger partial charge < -0.3 is 20.9 Å². The summed E-state index contributed by atoms with van der Waals surface area (Å²) in [5.41, 5.74) is 6.62. The van der Waals surface area contributed by atoms with Crippen LogP contribution in [0.25, 0.3) is 0 Å². The Morgan fingerprint density at radius 3 is 2.18 bits per heavy atom. The van der Waals surface area contributed by atoms with Gasteiger partial charge in [0.1, 0.15) is 5.82 Å². The lowest BCUT2D eigenvalue weighted by Crippen LogP contribution is -2.49. The predicted molar refractivity (Wildman–Crippen MR) is 142 cm³/mol. The number of carbonyl (C=O) groups excluding carboxylic acids is 3. The monoisotopic (exact) mass is 549 g/mol. The summed E-state index contributed by atoms with van der Waals surface area (Å²) in [5.74, 6) is -1.64. The van der Waals surface area contributed by atoms with Crippen molar-refractivity contribution in [1.29, 1.82) is 0 Å². The largest absolute Gasteiger partial charge is 0.368 e. The van der Waals surface area contributed by atoms with Crippen LogP contribution in [0.1, 0.15) is 25.0 Å². The van der Waals surface area contributed by atoms with E-state index in [1.807, 2.05) is 13.8 Å². The van der Waals surface area contributed by atoms with E-state index in [9.17, 15) is 27.2 Å². The Balaban J connectivity index is 1.98. The summed E-state index contributed by atoms with van der Waals surface area (Å²) in [6.45, 7) is 4.11. The Kier molecular flexibility index (Phi) is 11.8. The summed E-state index contributed by atoms with van der Waals surface area (Å²) in [6, 6.07) is 12.3. The number of sulfonamides is 1. The molecule has 12 heteroatoms. The van der Waals surface area contributed by atoms with E-state index in [1.165, 1.54) is 28.0 Å². The molecule has 5 N–H and O–H groups in total. The van der Waals surface area contributed by atoms with Gasteiger partial charge in [-0.3, -0.25) is 14.4 Å². The molecule has 2 aromatic carbocycles. The van der Waals surface area contributed by atoms with Crippen LogP contribution in [0.5, 0.6) is 0 Å². The minimum atomic E-state index is -3.82. The van der Waals surface area contributed by atoms with Crippen molar-refractivity contribution in [2.45, 2.75) is 31.6 Å². The molecule has 2 aromatic rings. The zero-order valence-corrected chi connectivity index (χ0v) is 22.5. The molecule has 0 unspecified atom stereocenters. The van der Waals surface area contributed by atoms with Crippen molar-refractivity contribution in [3.63, 3.8) is 0 Å². The number of nitrogens with one attached hydrogen (secondary N) is 1. The van der Waals surface area contributed by atoms with Gasteiger partial charge in [-0.15, -0.1) is 0 Å². The van der Waals surface area contributed by atoms with Crippen LogP contribution in [0.4, 0.5) is 4.39 Å². The highest BCUT2D eigenvalue weighted by molar-refractivity contribution is 7.89. The fourth-order valence-corrected chi connectivity index (χ4v) is 4.30. The fraction of sp³-hybridized carbons (Fsp3) is 0.423. The van der Waals surface area contributed by atoms with Crippen LogP contribution < -0.4 is 16.2 Å². The number of carbonyl (C=O) groups is 3. The number of benzene rings is 2. The molecule has 0 aliphatic heterocycles. The third-order valence-corrected chi connectivity index (χ3v) is 6.62. The van der Waals surface area contributed by atoms with E-state index in [0.717, 1.165) is 5.56 Å². The maximum absolute atomic E-state index is 13.8. The molecule has 0 aromatic heterocycles. The Bertz CT molecular complexity index is 1200. The van der Waals surface area contributed by atoms with Gasteiger partial charge in [0.2, 0.25) is 27.7 Å². The van der Waals surface area contributed by atoms with E-state index in [4.69, 9.17) is 10.9 Å². The summed E-state index contributed by atoms with van der Waals surface area (Å²) in [4.78, 5) is 40.3. The Hall–Kier alpha value is -3.35. The van der Waals surface area contributed by atoms with Crippen molar-refractivity contribution in [2.75, 3.05) is 39.3 Å². The average molecular weight is 550 g/mol. The lowest BCUT2D eigenvalue weighted by molar-refractivity contribution is -0.141. The molecule has 38 heavy (non-hydrogen) atoms. The molecule has 0 bridgehead atoms. The van der Waals surface area contributed by atoms with E-state index in [-0.39, 0.29) is 48.7 Å². The average Bonchev–Trinajstić information content (AvgIpc) is 2.84. The highest BCUT2D eigenvalue weighted by Crippen LogP contribution is 2.11. The summed E-state index contributed by atoms with van der Waals surface area (Å²) in [7, 11) is -3.82. The van der Waals surface area contributed by atoms with Crippen LogP contribution in [0, 0.1) is 11.7 Å². The molecule has 3 amide bonds. The van der Waals surface area contributed by atoms with E-state index >= 15 is 0 Å². The van der Waals surface area contributed by atoms with Crippen LogP contribution in [-0.4, -0.2) is 75.2 Å². The molecule has 0 spiro atoms. The highest BCUT2D eigenvalue weighted by atomic mass is 32.2.